The molecule has 2 rings (SSSR count). The van der Waals surface area contributed by atoms with E-state index in [4.69, 9.17) is 4.74 Å². The van der Waals surface area contributed by atoms with Crippen LogP contribution in [0.1, 0.15) is 5.69 Å². The van der Waals surface area contributed by atoms with Crippen LogP contribution >= 0.6 is 0 Å². The van der Waals surface area contributed by atoms with Crippen LogP contribution < -0.4 is 4.74 Å². The number of hydrogen-bond acceptors (Lipinski definition) is 5. The molecule has 18 heavy (non-hydrogen) atoms. The Balaban J connectivity index is 2.38. The molecule has 0 atom stereocenters. The monoisotopic (exact) mass is 264 g/mol. The number of sulfone groups is 1. The Bertz CT molecular complexity index is 654. The molecule has 0 aliphatic carbocycles. The maximum atomic E-state index is 11.4. The maximum absolute atomic E-state index is 11.4. The zero-order chi connectivity index (χ0) is 13.2. The minimum absolute atomic E-state index is 0.217. The molecule has 2 aromatic rings. The summed E-state index contributed by atoms with van der Waals surface area (Å²) in [6, 6.07) is 10.6. The van der Waals surface area contributed by atoms with Crippen LogP contribution in [0, 0.1) is 6.92 Å². The zero-order valence-corrected chi connectivity index (χ0v) is 10.8. The molecule has 0 aliphatic heterocycles. The van der Waals surface area contributed by atoms with E-state index in [2.05, 4.69) is 9.97 Å². The highest BCUT2D eigenvalue weighted by molar-refractivity contribution is 7.90. The molecule has 0 radical (unpaired) electrons. The lowest BCUT2D eigenvalue weighted by atomic mass is 10.3. The molecule has 1 aromatic heterocycles. The van der Waals surface area contributed by atoms with E-state index in [0.29, 0.717) is 11.4 Å². The van der Waals surface area contributed by atoms with Gasteiger partial charge in [-0.3, -0.25) is 0 Å². The molecule has 94 valence electrons. The number of para-hydroxylation sites is 1. The first-order valence-corrected chi connectivity index (χ1v) is 7.13. The molecule has 6 heteroatoms. The maximum Gasteiger partial charge on any atom is 0.250 e. The minimum Gasteiger partial charge on any atom is -0.439 e. The number of aromatic nitrogens is 2. The Morgan fingerprint density at radius 1 is 1.11 bits per heavy atom. The fraction of sp³-hybridized carbons (Fsp3) is 0.167. The van der Waals surface area contributed by atoms with Crippen LogP contribution in [0.15, 0.2) is 41.6 Å². The van der Waals surface area contributed by atoms with E-state index in [-0.39, 0.29) is 11.0 Å². The van der Waals surface area contributed by atoms with E-state index in [1.165, 1.54) is 0 Å². The van der Waals surface area contributed by atoms with Crippen molar-refractivity contribution in [2.45, 2.75) is 12.1 Å². The highest BCUT2D eigenvalue weighted by Gasteiger charge is 2.13. The Hall–Kier alpha value is -1.95. The molecule has 1 aromatic carbocycles. The van der Waals surface area contributed by atoms with Crippen molar-refractivity contribution in [2.75, 3.05) is 6.26 Å². The zero-order valence-electron chi connectivity index (χ0n) is 9.99. The van der Waals surface area contributed by atoms with Crippen molar-refractivity contribution >= 4 is 9.84 Å². The first-order chi connectivity index (χ1) is 8.45. The summed E-state index contributed by atoms with van der Waals surface area (Å²) in [7, 11) is -3.44. The molecule has 0 fully saturated rings. The molecule has 0 spiro atoms. The van der Waals surface area contributed by atoms with E-state index in [9.17, 15) is 8.42 Å². The van der Waals surface area contributed by atoms with Crippen LogP contribution in [-0.4, -0.2) is 24.6 Å². The van der Waals surface area contributed by atoms with Gasteiger partial charge in [0, 0.05) is 18.0 Å². The van der Waals surface area contributed by atoms with Crippen molar-refractivity contribution in [3.8, 4) is 11.6 Å². The van der Waals surface area contributed by atoms with E-state index in [1.807, 2.05) is 18.2 Å². The fourth-order valence-electron chi connectivity index (χ4n) is 1.34. The van der Waals surface area contributed by atoms with Gasteiger partial charge in [0.2, 0.25) is 20.9 Å². The molecule has 0 bridgehead atoms. The Labute approximate surface area is 105 Å². The highest BCUT2D eigenvalue weighted by Crippen LogP contribution is 2.20. The average molecular weight is 264 g/mol. The Morgan fingerprint density at radius 3 is 2.39 bits per heavy atom. The van der Waals surface area contributed by atoms with Gasteiger partial charge in [-0.15, -0.1) is 0 Å². The molecule has 0 saturated heterocycles. The topological polar surface area (TPSA) is 69.2 Å². The van der Waals surface area contributed by atoms with Crippen molar-refractivity contribution in [3.63, 3.8) is 0 Å². The van der Waals surface area contributed by atoms with E-state index in [1.54, 1.807) is 25.1 Å². The number of ether oxygens (including phenoxy) is 1. The van der Waals surface area contributed by atoms with Crippen LogP contribution in [0.5, 0.6) is 11.6 Å². The lowest BCUT2D eigenvalue weighted by molar-refractivity contribution is 0.452. The van der Waals surface area contributed by atoms with Gasteiger partial charge in [0.05, 0.1) is 0 Å². The molecule has 0 saturated carbocycles. The van der Waals surface area contributed by atoms with Gasteiger partial charge in [0.1, 0.15) is 5.75 Å². The van der Waals surface area contributed by atoms with Gasteiger partial charge in [-0.1, -0.05) is 18.2 Å². The number of benzene rings is 1. The molecule has 0 unspecified atom stereocenters. The van der Waals surface area contributed by atoms with Gasteiger partial charge in [-0.25, -0.2) is 13.4 Å². The highest BCUT2D eigenvalue weighted by atomic mass is 32.2. The third kappa shape index (κ3) is 3.04. The fourth-order valence-corrected chi connectivity index (χ4v) is 1.91. The summed E-state index contributed by atoms with van der Waals surface area (Å²) in [6.07, 6.45) is 1.06. The van der Waals surface area contributed by atoms with Crippen molar-refractivity contribution in [2.24, 2.45) is 0 Å². The normalized spacial score (nSPS) is 11.2. The summed E-state index contributed by atoms with van der Waals surface area (Å²) in [5.41, 5.74) is 0.538. The van der Waals surface area contributed by atoms with Crippen LogP contribution in [-0.2, 0) is 9.84 Å². The lowest BCUT2D eigenvalue weighted by Gasteiger charge is -2.06. The van der Waals surface area contributed by atoms with Crippen molar-refractivity contribution in [3.05, 3.63) is 42.1 Å². The van der Waals surface area contributed by atoms with Crippen LogP contribution in [0.3, 0.4) is 0 Å². The third-order valence-corrected chi connectivity index (χ3v) is 2.95. The molecule has 1 heterocycles. The predicted molar refractivity (Wildman–Crippen MR) is 66.4 cm³/mol. The summed E-state index contributed by atoms with van der Waals surface area (Å²) >= 11 is 0. The predicted octanol–water partition coefficient (Wildman–Crippen LogP) is 1.98. The lowest BCUT2D eigenvalue weighted by Crippen LogP contribution is -2.06. The minimum atomic E-state index is -3.44. The quantitative estimate of drug-likeness (QED) is 0.793. The van der Waals surface area contributed by atoms with Crippen molar-refractivity contribution in [1.82, 2.24) is 9.97 Å². The third-order valence-electron chi connectivity index (χ3n) is 2.11. The number of hydrogen-bond donors (Lipinski definition) is 0. The van der Waals surface area contributed by atoms with Gasteiger partial charge in [0.15, 0.2) is 0 Å². The van der Waals surface area contributed by atoms with E-state index >= 15 is 0 Å². The molecule has 5 nitrogen and oxygen atoms in total. The SMILES string of the molecule is Cc1cc(Oc2ccccc2)nc(S(C)(=O)=O)n1. The van der Waals surface area contributed by atoms with Gasteiger partial charge in [-0.05, 0) is 19.1 Å². The molecular weight excluding hydrogens is 252 g/mol. The Morgan fingerprint density at radius 2 is 1.78 bits per heavy atom. The summed E-state index contributed by atoms with van der Waals surface area (Å²) in [6.45, 7) is 1.69. The van der Waals surface area contributed by atoms with Gasteiger partial charge < -0.3 is 4.74 Å². The van der Waals surface area contributed by atoms with E-state index in [0.717, 1.165) is 6.26 Å². The second-order valence-electron chi connectivity index (χ2n) is 3.82. The smallest absolute Gasteiger partial charge is 0.250 e. The van der Waals surface area contributed by atoms with Gasteiger partial charge in [0.25, 0.3) is 0 Å². The molecule has 0 aliphatic rings. The second kappa shape index (κ2) is 4.73. The largest absolute Gasteiger partial charge is 0.439 e. The molecule has 0 N–H and O–H groups in total. The van der Waals surface area contributed by atoms with Gasteiger partial charge in [-0.2, -0.15) is 4.98 Å². The summed E-state index contributed by atoms with van der Waals surface area (Å²) in [5, 5.41) is -0.228. The van der Waals surface area contributed by atoms with Crippen molar-refractivity contribution in [1.29, 1.82) is 0 Å². The number of rotatable bonds is 3. The summed E-state index contributed by atoms with van der Waals surface area (Å²) in [5.74, 6) is 0.809. The Kier molecular flexibility index (Phi) is 3.29. The first kappa shape index (κ1) is 12.5. The van der Waals surface area contributed by atoms with Gasteiger partial charge >= 0.3 is 0 Å². The average Bonchev–Trinajstić information content (AvgIpc) is 2.28. The number of aryl methyl sites for hydroxylation is 1. The summed E-state index contributed by atoms with van der Waals surface area (Å²) < 4.78 is 28.3. The van der Waals surface area contributed by atoms with Crippen molar-refractivity contribution < 1.29 is 13.2 Å². The summed E-state index contributed by atoms with van der Waals surface area (Å²) in [4.78, 5) is 7.75. The van der Waals surface area contributed by atoms with E-state index < -0.39 is 9.84 Å². The van der Waals surface area contributed by atoms with Crippen LogP contribution in [0.4, 0.5) is 0 Å². The number of nitrogens with zero attached hydrogens (tertiary/aromatic N) is 2. The molecular formula is C12H12N2O3S. The van der Waals surface area contributed by atoms with Crippen LogP contribution in [0.2, 0.25) is 0 Å². The molecule has 0 amide bonds. The van der Waals surface area contributed by atoms with Crippen LogP contribution in [0.25, 0.3) is 0 Å². The second-order valence-corrected chi connectivity index (χ2v) is 5.73. The first-order valence-electron chi connectivity index (χ1n) is 5.24. The standard InChI is InChI=1S/C12H12N2O3S/c1-9-8-11(14-12(13-9)18(2,15)16)17-10-6-4-3-5-7-10/h3-8H,1-2H3.